The lowest BCUT2D eigenvalue weighted by molar-refractivity contribution is -0.0174. The summed E-state index contributed by atoms with van der Waals surface area (Å²) in [5.74, 6) is 0.743. The van der Waals surface area contributed by atoms with Gasteiger partial charge in [-0.3, -0.25) is 0 Å². The van der Waals surface area contributed by atoms with Crippen molar-refractivity contribution in [3.05, 3.63) is 18.2 Å². The van der Waals surface area contributed by atoms with Crippen LogP contribution in [-0.4, -0.2) is 20.7 Å². The maximum atomic E-state index is 10.4. The van der Waals surface area contributed by atoms with Crippen LogP contribution in [-0.2, 0) is 12.6 Å². The summed E-state index contributed by atoms with van der Waals surface area (Å²) in [5, 5.41) is 10.4. The molecule has 14 heavy (non-hydrogen) atoms. The molecule has 1 saturated carbocycles. The van der Waals surface area contributed by atoms with Crippen LogP contribution in [0.2, 0.25) is 0 Å². The zero-order valence-electron chi connectivity index (χ0n) is 8.48. The normalized spacial score (nSPS) is 33.2. The highest BCUT2D eigenvalue weighted by Crippen LogP contribution is 2.35. The van der Waals surface area contributed by atoms with Crippen LogP contribution in [0.4, 0.5) is 0 Å². The lowest BCUT2D eigenvalue weighted by Crippen LogP contribution is -2.40. The summed E-state index contributed by atoms with van der Waals surface area (Å²) in [7, 11) is 1.90. The van der Waals surface area contributed by atoms with Crippen molar-refractivity contribution < 1.29 is 5.11 Å². The Kier molecular flexibility index (Phi) is 2.33. The molecule has 0 bridgehead atoms. The molecule has 0 aliphatic heterocycles. The first-order valence-electron chi connectivity index (χ1n) is 5.07. The summed E-state index contributed by atoms with van der Waals surface area (Å²) in [6.45, 7) is 0. The third-order valence-corrected chi connectivity index (χ3v) is 3.00. The Morgan fingerprint density at radius 2 is 2.50 bits per heavy atom. The number of aryl methyl sites for hydroxylation is 1. The fourth-order valence-electron chi connectivity index (χ4n) is 2.31. The van der Waals surface area contributed by atoms with E-state index >= 15 is 0 Å². The molecule has 1 aromatic heterocycles. The van der Waals surface area contributed by atoms with Crippen LogP contribution in [0.3, 0.4) is 0 Å². The lowest BCUT2D eigenvalue weighted by Gasteiger charge is -2.34. The molecule has 3 N–H and O–H groups in total. The Labute approximate surface area is 83.8 Å². The van der Waals surface area contributed by atoms with E-state index in [1.54, 1.807) is 6.20 Å². The molecule has 1 fully saturated rings. The fourth-order valence-corrected chi connectivity index (χ4v) is 2.31. The van der Waals surface area contributed by atoms with Gasteiger partial charge in [0.05, 0.1) is 0 Å². The Morgan fingerprint density at radius 3 is 3.07 bits per heavy atom. The third-order valence-electron chi connectivity index (χ3n) is 3.00. The highest BCUT2D eigenvalue weighted by atomic mass is 16.3. The van der Waals surface area contributed by atoms with Gasteiger partial charge >= 0.3 is 0 Å². The standard InChI is InChI=1S/C10H17N3O/c1-13-6-5-12-9(13)10(14)4-2-3-8(11)7-10/h5-6,8,14H,2-4,7,11H2,1H3. The minimum absolute atomic E-state index is 0.102. The maximum absolute atomic E-state index is 10.4. The first kappa shape index (κ1) is 9.68. The predicted octanol–water partition coefficient (Wildman–Crippen LogP) is 0.509. The van der Waals surface area contributed by atoms with Crippen LogP contribution < -0.4 is 5.73 Å². The van der Waals surface area contributed by atoms with Crippen molar-refractivity contribution in [3.8, 4) is 0 Å². The first-order chi connectivity index (χ1) is 6.62. The van der Waals surface area contributed by atoms with Crippen molar-refractivity contribution in [1.82, 2.24) is 9.55 Å². The number of rotatable bonds is 1. The van der Waals surface area contributed by atoms with Gasteiger partial charge in [0.2, 0.25) is 0 Å². The van der Waals surface area contributed by atoms with Gasteiger partial charge in [-0.25, -0.2) is 4.98 Å². The van der Waals surface area contributed by atoms with Crippen molar-refractivity contribution in [1.29, 1.82) is 0 Å². The van der Waals surface area contributed by atoms with E-state index in [1.807, 2.05) is 17.8 Å². The molecule has 1 aliphatic carbocycles. The highest BCUT2D eigenvalue weighted by Gasteiger charge is 2.37. The van der Waals surface area contributed by atoms with E-state index in [1.165, 1.54) is 0 Å². The van der Waals surface area contributed by atoms with E-state index in [9.17, 15) is 5.11 Å². The second kappa shape index (κ2) is 3.37. The molecule has 0 amide bonds. The summed E-state index contributed by atoms with van der Waals surface area (Å²) in [4.78, 5) is 4.20. The fraction of sp³-hybridized carbons (Fsp3) is 0.700. The van der Waals surface area contributed by atoms with Crippen LogP contribution in [0.5, 0.6) is 0 Å². The van der Waals surface area contributed by atoms with E-state index in [4.69, 9.17) is 5.73 Å². The number of aliphatic hydroxyl groups is 1. The van der Waals surface area contributed by atoms with Crippen molar-refractivity contribution in [2.45, 2.75) is 37.3 Å². The molecule has 0 spiro atoms. The summed E-state index contributed by atoms with van der Waals surface area (Å²) < 4.78 is 1.87. The zero-order valence-corrected chi connectivity index (χ0v) is 8.48. The van der Waals surface area contributed by atoms with Crippen LogP contribution >= 0.6 is 0 Å². The van der Waals surface area contributed by atoms with Gasteiger partial charge in [0, 0.05) is 25.5 Å². The van der Waals surface area contributed by atoms with E-state index in [-0.39, 0.29) is 6.04 Å². The molecule has 0 aromatic carbocycles. The molecule has 1 aromatic rings. The molecule has 4 nitrogen and oxygen atoms in total. The molecule has 2 rings (SSSR count). The van der Waals surface area contributed by atoms with Crippen LogP contribution in [0, 0.1) is 0 Å². The van der Waals surface area contributed by atoms with Gasteiger partial charge in [0.15, 0.2) is 0 Å². The molecule has 4 heteroatoms. The maximum Gasteiger partial charge on any atom is 0.140 e. The number of hydrogen-bond donors (Lipinski definition) is 2. The molecule has 2 unspecified atom stereocenters. The highest BCUT2D eigenvalue weighted by molar-refractivity contribution is 5.07. The number of imidazole rings is 1. The van der Waals surface area contributed by atoms with E-state index in [0.29, 0.717) is 6.42 Å². The molecule has 1 aliphatic rings. The number of nitrogens with two attached hydrogens (primary N) is 1. The van der Waals surface area contributed by atoms with Crippen molar-refractivity contribution >= 4 is 0 Å². The molecule has 0 radical (unpaired) electrons. The number of hydrogen-bond acceptors (Lipinski definition) is 3. The topological polar surface area (TPSA) is 64.1 Å². The summed E-state index contributed by atoms with van der Waals surface area (Å²) in [6.07, 6.45) is 6.95. The Balaban J connectivity index is 2.27. The van der Waals surface area contributed by atoms with Crippen molar-refractivity contribution in [2.24, 2.45) is 12.8 Å². The quantitative estimate of drug-likeness (QED) is 0.686. The summed E-state index contributed by atoms with van der Waals surface area (Å²) in [6, 6.07) is 0.102. The van der Waals surface area contributed by atoms with E-state index in [2.05, 4.69) is 4.98 Å². The van der Waals surface area contributed by atoms with Gasteiger partial charge in [0.25, 0.3) is 0 Å². The predicted molar refractivity (Wildman–Crippen MR) is 53.5 cm³/mol. The average molecular weight is 195 g/mol. The zero-order chi connectivity index (χ0) is 10.2. The Bertz CT molecular complexity index is 323. The van der Waals surface area contributed by atoms with Gasteiger partial charge in [-0.15, -0.1) is 0 Å². The van der Waals surface area contributed by atoms with Gasteiger partial charge < -0.3 is 15.4 Å². The Morgan fingerprint density at radius 1 is 1.71 bits per heavy atom. The molecule has 78 valence electrons. The van der Waals surface area contributed by atoms with Crippen LogP contribution in [0.25, 0.3) is 0 Å². The first-order valence-corrected chi connectivity index (χ1v) is 5.07. The number of nitrogens with zero attached hydrogens (tertiary/aromatic N) is 2. The second-order valence-electron chi connectivity index (χ2n) is 4.25. The Hall–Kier alpha value is -0.870. The minimum atomic E-state index is -0.810. The molecule has 2 atom stereocenters. The van der Waals surface area contributed by atoms with E-state index < -0.39 is 5.60 Å². The van der Waals surface area contributed by atoms with Gasteiger partial charge in [-0.2, -0.15) is 0 Å². The SMILES string of the molecule is Cn1ccnc1C1(O)CCCC(N)C1. The summed E-state index contributed by atoms with van der Waals surface area (Å²) in [5.41, 5.74) is 5.06. The van der Waals surface area contributed by atoms with E-state index in [0.717, 1.165) is 25.1 Å². The number of aromatic nitrogens is 2. The minimum Gasteiger partial charge on any atom is -0.382 e. The monoisotopic (exact) mass is 195 g/mol. The second-order valence-corrected chi connectivity index (χ2v) is 4.25. The van der Waals surface area contributed by atoms with Crippen LogP contribution in [0.1, 0.15) is 31.5 Å². The summed E-state index contributed by atoms with van der Waals surface area (Å²) >= 11 is 0. The molecule has 0 saturated heterocycles. The van der Waals surface area contributed by atoms with Gasteiger partial charge in [0.1, 0.15) is 11.4 Å². The van der Waals surface area contributed by atoms with Gasteiger partial charge in [-0.05, 0) is 25.7 Å². The molecule has 1 heterocycles. The largest absolute Gasteiger partial charge is 0.382 e. The van der Waals surface area contributed by atoms with Crippen molar-refractivity contribution in [2.75, 3.05) is 0 Å². The molecular weight excluding hydrogens is 178 g/mol. The van der Waals surface area contributed by atoms with Crippen molar-refractivity contribution in [3.63, 3.8) is 0 Å². The van der Waals surface area contributed by atoms with Crippen LogP contribution in [0.15, 0.2) is 12.4 Å². The molecular formula is C10H17N3O. The van der Waals surface area contributed by atoms with Gasteiger partial charge in [-0.1, -0.05) is 0 Å². The smallest absolute Gasteiger partial charge is 0.140 e. The lowest BCUT2D eigenvalue weighted by atomic mass is 9.81. The average Bonchev–Trinajstić information content (AvgIpc) is 2.51. The third kappa shape index (κ3) is 1.55.